The first-order valence-electron chi connectivity index (χ1n) is 8.25. The van der Waals surface area contributed by atoms with Crippen molar-refractivity contribution in [2.24, 2.45) is 0 Å². The molecule has 0 aliphatic heterocycles. The van der Waals surface area contributed by atoms with Gasteiger partial charge in [-0.1, -0.05) is 23.7 Å². The Hall–Kier alpha value is -2.75. The monoisotopic (exact) mass is 452 g/mol. The highest BCUT2D eigenvalue weighted by Crippen LogP contribution is 2.27. The highest BCUT2D eigenvalue weighted by molar-refractivity contribution is 7.93. The highest BCUT2D eigenvalue weighted by Gasteiger charge is 2.18. The summed E-state index contributed by atoms with van der Waals surface area (Å²) >= 11 is 5.77. The van der Waals surface area contributed by atoms with E-state index in [1.807, 2.05) is 0 Å². The van der Waals surface area contributed by atoms with Gasteiger partial charge in [-0.05, 0) is 60.7 Å². The number of ether oxygens (including phenoxy) is 1. The molecule has 0 heterocycles. The first kappa shape index (κ1) is 21.0. The minimum Gasteiger partial charge on any atom is -0.495 e. The summed E-state index contributed by atoms with van der Waals surface area (Å²) in [5, 5.41) is 0.418. The minimum absolute atomic E-state index is 0.0298. The van der Waals surface area contributed by atoms with Gasteiger partial charge in [-0.2, -0.15) is 0 Å². The van der Waals surface area contributed by atoms with Crippen LogP contribution in [0.4, 0.5) is 11.4 Å². The Morgan fingerprint density at radius 2 is 1.24 bits per heavy atom. The van der Waals surface area contributed by atoms with Crippen LogP contribution in [0.15, 0.2) is 82.6 Å². The summed E-state index contributed by atoms with van der Waals surface area (Å²) in [5.74, 6) is 0.378. The van der Waals surface area contributed by atoms with Crippen molar-refractivity contribution in [2.75, 3.05) is 16.6 Å². The van der Waals surface area contributed by atoms with Crippen LogP contribution >= 0.6 is 11.6 Å². The zero-order valence-corrected chi connectivity index (χ0v) is 17.6. The second-order valence-electron chi connectivity index (χ2n) is 5.89. The second-order valence-corrected chi connectivity index (χ2v) is 9.69. The van der Waals surface area contributed by atoms with Gasteiger partial charge in [0.25, 0.3) is 20.0 Å². The fraction of sp³-hybridized carbons (Fsp3) is 0.0526. The highest BCUT2D eigenvalue weighted by atomic mass is 35.5. The Bertz CT molecular complexity index is 1210. The van der Waals surface area contributed by atoms with E-state index in [0.717, 1.165) is 0 Å². The van der Waals surface area contributed by atoms with E-state index >= 15 is 0 Å². The van der Waals surface area contributed by atoms with Gasteiger partial charge >= 0.3 is 0 Å². The number of rotatable bonds is 7. The van der Waals surface area contributed by atoms with Crippen LogP contribution in [-0.4, -0.2) is 23.9 Å². The van der Waals surface area contributed by atoms with Crippen LogP contribution in [0.5, 0.6) is 5.75 Å². The van der Waals surface area contributed by atoms with Crippen molar-refractivity contribution < 1.29 is 21.6 Å². The number of hydrogen-bond acceptors (Lipinski definition) is 5. The summed E-state index contributed by atoms with van der Waals surface area (Å²) in [5.41, 5.74) is 0.513. The van der Waals surface area contributed by atoms with Gasteiger partial charge in [0.2, 0.25) is 0 Å². The summed E-state index contributed by atoms with van der Waals surface area (Å²) in [7, 11) is -6.27. The molecule has 0 aliphatic rings. The molecule has 3 aromatic rings. The maximum absolute atomic E-state index is 12.6. The number of methoxy groups -OCH3 is 1. The summed E-state index contributed by atoms with van der Waals surface area (Å²) in [6, 6.07) is 17.6. The van der Waals surface area contributed by atoms with E-state index < -0.39 is 20.0 Å². The van der Waals surface area contributed by atoms with Gasteiger partial charge in [0.15, 0.2) is 0 Å². The predicted octanol–water partition coefficient (Wildman–Crippen LogP) is 3.95. The standard InChI is InChI=1S/C19H17ClN2O5S2/c1-27-19-5-3-2-4-18(19)22-29(25,26)17-12-8-15(9-13-17)21-28(23,24)16-10-6-14(20)7-11-16/h2-13,21-22H,1H3. The molecule has 0 spiro atoms. The van der Waals surface area contributed by atoms with Crippen LogP contribution in [0.25, 0.3) is 0 Å². The number of para-hydroxylation sites is 2. The Labute approximate surface area is 174 Å². The van der Waals surface area contributed by atoms with Crippen molar-refractivity contribution in [3.05, 3.63) is 77.8 Å². The zero-order chi connectivity index (χ0) is 21.1. The molecule has 3 rings (SSSR count). The Kier molecular flexibility index (Phi) is 6.02. The maximum atomic E-state index is 12.6. The molecule has 0 radical (unpaired) electrons. The quantitative estimate of drug-likeness (QED) is 0.565. The number of hydrogen-bond donors (Lipinski definition) is 2. The molecule has 0 atom stereocenters. The van der Waals surface area contributed by atoms with Gasteiger partial charge in [0.05, 0.1) is 22.6 Å². The van der Waals surface area contributed by atoms with Crippen LogP contribution in [0.3, 0.4) is 0 Å². The third-order valence-corrected chi connectivity index (χ3v) is 6.92. The molecule has 10 heteroatoms. The van der Waals surface area contributed by atoms with E-state index in [1.165, 1.54) is 55.6 Å². The number of sulfonamides is 2. The molecule has 7 nitrogen and oxygen atoms in total. The van der Waals surface area contributed by atoms with E-state index in [2.05, 4.69) is 9.44 Å². The molecule has 0 saturated carbocycles. The summed E-state index contributed by atoms with van der Waals surface area (Å²) in [6.45, 7) is 0. The molecule has 0 saturated heterocycles. The predicted molar refractivity (Wildman–Crippen MR) is 113 cm³/mol. The fourth-order valence-electron chi connectivity index (χ4n) is 2.46. The second kappa shape index (κ2) is 8.32. The molecule has 29 heavy (non-hydrogen) atoms. The van der Waals surface area contributed by atoms with Gasteiger partial charge in [0, 0.05) is 10.7 Å². The zero-order valence-electron chi connectivity index (χ0n) is 15.2. The van der Waals surface area contributed by atoms with Crippen LogP contribution < -0.4 is 14.2 Å². The topological polar surface area (TPSA) is 102 Å². The molecule has 0 amide bonds. The normalized spacial score (nSPS) is 11.7. The van der Waals surface area contributed by atoms with Crippen LogP contribution in [0.2, 0.25) is 5.02 Å². The van der Waals surface area contributed by atoms with Crippen molar-refractivity contribution in [1.82, 2.24) is 0 Å². The average molecular weight is 453 g/mol. The van der Waals surface area contributed by atoms with Gasteiger partial charge in [-0.3, -0.25) is 9.44 Å². The lowest BCUT2D eigenvalue weighted by Gasteiger charge is -2.12. The van der Waals surface area contributed by atoms with E-state index in [4.69, 9.17) is 16.3 Å². The van der Waals surface area contributed by atoms with E-state index in [-0.39, 0.29) is 15.5 Å². The molecular formula is C19H17ClN2O5S2. The summed E-state index contributed by atoms with van der Waals surface area (Å²) in [4.78, 5) is 0.00860. The third kappa shape index (κ3) is 5.00. The summed E-state index contributed by atoms with van der Waals surface area (Å²) < 4.78 is 60.0. The molecule has 2 N–H and O–H groups in total. The Balaban J connectivity index is 1.79. The van der Waals surface area contributed by atoms with Crippen molar-refractivity contribution in [3.8, 4) is 5.75 Å². The van der Waals surface area contributed by atoms with Crippen molar-refractivity contribution >= 4 is 43.0 Å². The maximum Gasteiger partial charge on any atom is 0.262 e. The molecule has 0 unspecified atom stereocenters. The molecule has 0 fully saturated rings. The molecule has 0 aromatic heterocycles. The number of anilines is 2. The van der Waals surface area contributed by atoms with Gasteiger partial charge in [-0.25, -0.2) is 16.8 Å². The lowest BCUT2D eigenvalue weighted by molar-refractivity contribution is 0.417. The van der Waals surface area contributed by atoms with E-state index in [1.54, 1.807) is 24.3 Å². The van der Waals surface area contributed by atoms with Gasteiger partial charge in [-0.15, -0.1) is 0 Å². The Morgan fingerprint density at radius 1 is 0.724 bits per heavy atom. The molecule has 0 aliphatic carbocycles. The number of benzene rings is 3. The summed E-state index contributed by atoms with van der Waals surface area (Å²) in [6.07, 6.45) is 0. The van der Waals surface area contributed by atoms with Gasteiger partial charge < -0.3 is 4.74 Å². The number of nitrogens with one attached hydrogen (secondary N) is 2. The third-order valence-electron chi connectivity index (χ3n) is 3.89. The van der Waals surface area contributed by atoms with E-state index in [0.29, 0.717) is 16.5 Å². The fourth-order valence-corrected chi connectivity index (χ4v) is 4.72. The lowest BCUT2D eigenvalue weighted by atomic mass is 10.3. The van der Waals surface area contributed by atoms with E-state index in [9.17, 15) is 16.8 Å². The van der Waals surface area contributed by atoms with Crippen molar-refractivity contribution in [2.45, 2.75) is 9.79 Å². The Morgan fingerprint density at radius 3 is 1.83 bits per heavy atom. The smallest absolute Gasteiger partial charge is 0.262 e. The molecule has 3 aromatic carbocycles. The first-order valence-corrected chi connectivity index (χ1v) is 11.6. The SMILES string of the molecule is COc1ccccc1NS(=O)(=O)c1ccc(NS(=O)(=O)c2ccc(Cl)cc2)cc1. The van der Waals surface area contributed by atoms with Crippen LogP contribution in [0, 0.1) is 0 Å². The van der Waals surface area contributed by atoms with Crippen molar-refractivity contribution in [3.63, 3.8) is 0 Å². The molecule has 152 valence electrons. The van der Waals surface area contributed by atoms with Crippen LogP contribution in [0.1, 0.15) is 0 Å². The number of halogens is 1. The van der Waals surface area contributed by atoms with Crippen LogP contribution in [-0.2, 0) is 20.0 Å². The lowest BCUT2D eigenvalue weighted by Crippen LogP contribution is -2.15. The minimum atomic E-state index is -3.89. The first-order chi connectivity index (χ1) is 13.7. The van der Waals surface area contributed by atoms with Gasteiger partial charge in [0.1, 0.15) is 5.75 Å². The largest absolute Gasteiger partial charge is 0.495 e. The average Bonchev–Trinajstić information content (AvgIpc) is 2.68. The molecule has 0 bridgehead atoms. The molecular weight excluding hydrogens is 436 g/mol. The van der Waals surface area contributed by atoms with Crippen molar-refractivity contribution in [1.29, 1.82) is 0 Å².